The zero-order valence-corrected chi connectivity index (χ0v) is 12.0. The average Bonchev–Trinajstić information content (AvgIpc) is 2.52. The molecule has 0 aliphatic heterocycles. The van der Waals surface area contributed by atoms with Crippen LogP contribution >= 0.6 is 0 Å². The van der Waals surface area contributed by atoms with Gasteiger partial charge in [0.25, 0.3) is 17.5 Å². The van der Waals surface area contributed by atoms with E-state index in [9.17, 15) is 24.1 Å². The predicted octanol–water partition coefficient (Wildman–Crippen LogP) is 2.12. The van der Waals surface area contributed by atoms with Crippen molar-refractivity contribution in [3.8, 4) is 0 Å². The second-order valence-electron chi connectivity index (χ2n) is 4.65. The van der Waals surface area contributed by atoms with Crippen molar-refractivity contribution in [2.24, 2.45) is 0 Å². The van der Waals surface area contributed by atoms with Crippen LogP contribution in [-0.4, -0.2) is 16.7 Å². The van der Waals surface area contributed by atoms with Crippen LogP contribution in [0.1, 0.15) is 26.3 Å². The van der Waals surface area contributed by atoms with E-state index in [1.54, 1.807) is 0 Å². The number of aryl methyl sites for hydroxylation is 1. The lowest BCUT2D eigenvalue weighted by molar-refractivity contribution is -0.385. The van der Waals surface area contributed by atoms with E-state index in [-0.39, 0.29) is 16.8 Å². The molecule has 2 amide bonds. The first kappa shape index (κ1) is 16.1. The summed E-state index contributed by atoms with van der Waals surface area (Å²) in [5, 5.41) is 10.7. The molecule has 0 heterocycles. The van der Waals surface area contributed by atoms with Crippen LogP contribution in [0.5, 0.6) is 0 Å². The Bertz CT molecular complexity index is 792. The Labute approximate surface area is 130 Å². The van der Waals surface area contributed by atoms with Gasteiger partial charge in [0.1, 0.15) is 5.82 Å². The number of amides is 2. The van der Waals surface area contributed by atoms with E-state index in [4.69, 9.17) is 0 Å². The number of hydrogen-bond donors (Lipinski definition) is 2. The van der Waals surface area contributed by atoms with E-state index in [2.05, 4.69) is 10.9 Å². The first-order valence-electron chi connectivity index (χ1n) is 6.50. The van der Waals surface area contributed by atoms with Crippen molar-refractivity contribution in [1.29, 1.82) is 0 Å². The number of rotatable bonds is 3. The van der Waals surface area contributed by atoms with Crippen molar-refractivity contribution in [2.45, 2.75) is 6.92 Å². The second kappa shape index (κ2) is 6.65. The van der Waals surface area contributed by atoms with Crippen LogP contribution in [0, 0.1) is 22.9 Å². The summed E-state index contributed by atoms with van der Waals surface area (Å²) in [7, 11) is 0. The number of nitro benzene ring substituents is 1. The van der Waals surface area contributed by atoms with Gasteiger partial charge < -0.3 is 0 Å². The summed E-state index contributed by atoms with van der Waals surface area (Å²) in [4.78, 5) is 33.8. The lowest BCUT2D eigenvalue weighted by atomic mass is 10.1. The number of benzene rings is 2. The largest absolute Gasteiger partial charge is 0.272 e. The summed E-state index contributed by atoms with van der Waals surface area (Å²) in [5.74, 6) is -2.20. The highest BCUT2D eigenvalue weighted by Crippen LogP contribution is 2.18. The van der Waals surface area contributed by atoms with Gasteiger partial charge in [-0.2, -0.15) is 0 Å². The monoisotopic (exact) mass is 317 g/mol. The van der Waals surface area contributed by atoms with Crippen LogP contribution in [0.25, 0.3) is 0 Å². The van der Waals surface area contributed by atoms with Gasteiger partial charge in [0.05, 0.1) is 10.5 Å². The van der Waals surface area contributed by atoms with Gasteiger partial charge in [-0.3, -0.25) is 30.6 Å². The Morgan fingerprint density at radius 3 is 2.35 bits per heavy atom. The van der Waals surface area contributed by atoms with Gasteiger partial charge in [-0.25, -0.2) is 4.39 Å². The molecule has 0 atom stereocenters. The van der Waals surface area contributed by atoms with Crippen molar-refractivity contribution in [3.63, 3.8) is 0 Å². The van der Waals surface area contributed by atoms with Crippen molar-refractivity contribution >= 4 is 17.5 Å². The third-order valence-electron chi connectivity index (χ3n) is 3.06. The van der Waals surface area contributed by atoms with Gasteiger partial charge in [0, 0.05) is 17.2 Å². The Morgan fingerprint density at radius 1 is 1.09 bits per heavy atom. The number of hydrazine groups is 1. The van der Waals surface area contributed by atoms with Crippen LogP contribution in [0.4, 0.5) is 10.1 Å². The molecular formula is C15H12FN3O4. The van der Waals surface area contributed by atoms with E-state index >= 15 is 0 Å². The number of carbonyl (C=O) groups is 2. The van der Waals surface area contributed by atoms with E-state index in [0.717, 1.165) is 6.07 Å². The fourth-order valence-electron chi connectivity index (χ4n) is 1.90. The van der Waals surface area contributed by atoms with Crippen molar-refractivity contribution in [3.05, 3.63) is 75.1 Å². The standard InChI is InChI=1S/C15H12FN3O4/c1-9-8-10(6-7-13(9)19(22)23)14(20)17-18-15(21)11-4-2-3-5-12(11)16/h2-8H,1H3,(H,17,20)(H,18,21). The molecule has 0 aliphatic carbocycles. The summed E-state index contributed by atoms with van der Waals surface area (Å²) >= 11 is 0. The molecule has 2 rings (SSSR count). The topological polar surface area (TPSA) is 101 Å². The number of hydrogen-bond acceptors (Lipinski definition) is 4. The molecule has 23 heavy (non-hydrogen) atoms. The third kappa shape index (κ3) is 3.67. The second-order valence-corrected chi connectivity index (χ2v) is 4.65. The van der Waals surface area contributed by atoms with Crippen LogP contribution in [0.2, 0.25) is 0 Å². The van der Waals surface area contributed by atoms with Gasteiger partial charge in [-0.05, 0) is 31.2 Å². The molecule has 0 bridgehead atoms. The van der Waals surface area contributed by atoms with E-state index in [1.165, 1.54) is 43.3 Å². The molecule has 2 N–H and O–H groups in total. The highest BCUT2D eigenvalue weighted by atomic mass is 19.1. The summed E-state index contributed by atoms with van der Waals surface area (Å²) < 4.78 is 13.4. The molecule has 118 valence electrons. The number of nitrogens with one attached hydrogen (secondary N) is 2. The maximum Gasteiger partial charge on any atom is 0.272 e. The Morgan fingerprint density at radius 2 is 1.74 bits per heavy atom. The molecule has 0 radical (unpaired) electrons. The Balaban J connectivity index is 2.05. The van der Waals surface area contributed by atoms with Gasteiger partial charge in [0.15, 0.2) is 0 Å². The quantitative estimate of drug-likeness (QED) is 0.668. The summed E-state index contributed by atoms with van der Waals surface area (Å²) in [6.07, 6.45) is 0. The molecule has 0 spiro atoms. The van der Waals surface area contributed by atoms with Gasteiger partial charge in [-0.15, -0.1) is 0 Å². The molecule has 0 aromatic heterocycles. The third-order valence-corrected chi connectivity index (χ3v) is 3.06. The highest BCUT2D eigenvalue weighted by molar-refractivity contribution is 5.99. The molecule has 0 unspecified atom stereocenters. The molecule has 0 saturated heterocycles. The smallest absolute Gasteiger partial charge is 0.267 e. The Kier molecular flexibility index (Phi) is 4.65. The highest BCUT2D eigenvalue weighted by Gasteiger charge is 2.15. The predicted molar refractivity (Wildman–Crippen MR) is 79.2 cm³/mol. The van der Waals surface area contributed by atoms with E-state index < -0.39 is 22.6 Å². The first-order chi connectivity index (χ1) is 10.9. The van der Waals surface area contributed by atoms with Gasteiger partial charge in [0.2, 0.25) is 0 Å². The Hall–Kier alpha value is -3.29. The molecule has 8 heteroatoms. The molecule has 7 nitrogen and oxygen atoms in total. The lowest BCUT2D eigenvalue weighted by Gasteiger charge is -2.08. The minimum atomic E-state index is -0.810. The van der Waals surface area contributed by atoms with Gasteiger partial charge >= 0.3 is 0 Å². The van der Waals surface area contributed by atoms with Gasteiger partial charge in [-0.1, -0.05) is 12.1 Å². The zero-order valence-electron chi connectivity index (χ0n) is 12.0. The fourth-order valence-corrected chi connectivity index (χ4v) is 1.90. The van der Waals surface area contributed by atoms with E-state index in [0.29, 0.717) is 5.56 Å². The molecular weight excluding hydrogens is 305 g/mol. The maximum absolute atomic E-state index is 13.4. The zero-order chi connectivity index (χ0) is 17.0. The normalized spacial score (nSPS) is 10.0. The minimum absolute atomic E-state index is 0.114. The number of halogens is 1. The molecule has 2 aromatic rings. The van der Waals surface area contributed by atoms with Crippen molar-refractivity contribution in [1.82, 2.24) is 10.9 Å². The molecule has 2 aromatic carbocycles. The summed E-state index contributed by atoms with van der Waals surface area (Å²) in [6.45, 7) is 1.49. The summed E-state index contributed by atoms with van der Waals surface area (Å²) in [6, 6.07) is 9.09. The molecule has 0 aliphatic rings. The first-order valence-corrected chi connectivity index (χ1v) is 6.50. The average molecular weight is 317 g/mol. The molecule has 0 fully saturated rings. The minimum Gasteiger partial charge on any atom is -0.267 e. The van der Waals surface area contributed by atoms with Crippen LogP contribution < -0.4 is 10.9 Å². The molecule has 0 saturated carbocycles. The summed E-state index contributed by atoms with van der Waals surface area (Å²) in [5.41, 5.74) is 4.31. The maximum atomic E-state index is 13.4. The van der Waals surface area contributed by atoms with Crippen LogP contribution in [0.3, 0.4) is 0 Å². The number of nitrogens with zero attached hydrogens (tertiary/aromatic N) is 1. The number of nitro groups is 1. The van der Waals surface area contributed by atoms with Crippen LogP contribution in [0.15, 0.2) is 42.5 Å². The van der Waals surface area contributed by atoms with E-state index in [1.807, 2.05) is 0 Å². The lowest BCUT2D eigenvalue weighted by Crippen LogP contribution is -2.41. The van der Waals surface area contributed by atoms with Crippen molar-refractivity contribution in [2.75, 3.05) is 0 Å². The number of carbonyl (C=O) groups excluding carboxylic acids is 2. The van der Waals surface area contributed by atoms with Crippen molar-refractivity contribution < 1.29 is 18.9 Å². The SMILES string of the molecule is Cc1cc(C(=O)NNC(=O)c2ccccc2F)ccc1[N+](=O)[O-]. The van der Waals surface area contributed by atoms with Crippen LogP contribution in [-0.2, 0) is 0 Å². The fraction of sp³-hybridized carbons (Fsp3) is 0.0667.